The molecule has 0 spiro atoms. The Morgan fingerprint density at radius 2 is 2.00 bits per heavy atom. The number of thiophene rings is 1. The molecule has 0 aliphatic rings. The van der Waals surface area contributed by atoms with Crippen LogP contribution in [0.1, 0.15) is 39.5 Å². The highest BCUT2D eigenvalue weighted by atomic mass is 79.9. The highest BCUT2D eigenvalue weighted by Gasteiger charge is 2.28. The van der Waals surface area contributed by atoms with Crippen molar-refractivity contribution >= 4 is 27.3 Å². The summed E-state index contributed by atoms with van der Waals surface area (Å²) in [6.45, 7) is 13.8. The summed E-state index contributed by atoms with van der Waals surface area (Å²) in [6, 6.07) is 2.26. The maximum Gasteiger partial charge on any atom is 0.0285 e. The van der Waals surface area contributed by atoms with E-state index < -0.39 is 0 Å². The summed E-state index contributed by atoms with van der Waals surface area (Å²) in [5, 5.41) is 5.80. The number of halogens is 1. The molecule has 0 aliphatic carbocycles. The van der Waals surface area contributed by atoms with Crippen LogP contribution in [-0.2, 0) is 6.42 Å². The van der Waals surface area contributed by atoms with Gasteiger partial charge in [0.1, 0.15) is 0 Å². The lowest BCUT2D eigenvalue weighted by molar-refractivity contribution is 0.206. The minimum Gasteiger partial charge on any atom is -0.316 e. The summed E-state index contributed by atoms with van der Waals surface area (Å²) >= 11 is 5.40. The van der Waals surface area contributed by atoms with Gasteiger partial charge in [-0.2, -0.15) is 0 Å². The van der Waals surface area contributed by atoms with Crippen LogP contribution in [-0.4, -0.2) is 13.1 Å². The van der Waals surface area contributed by atoms with E-state index in [1.165, 1.54) is 9.35 Å². The van der Waals surface area contributed by atoms with E-state index in [1.54, 1.807) is 0 Å². The van der Waals surface area contributed by atoms with Crippen molar-refractivity contribution in [2.45, 2.75) is 41.0 Å². The van der Waals surface area contributed by atoms with Gasteiger partial charge in [-0.05, 0) is 52.2 Å². The summed E-state index contributed by atoms with van der Waals surface area (Å²) in [5.74, 6) is 1.40. The van der Waals surface area contributed by atoms with Crippen molar-refractivity contribution < 1.29 is 0 Å². The topological polar surface area (TPSA) is 12.0 Å². The zero-order valence-electron chi connectivity index (χ0n) is 12.2. The van der Waals surface area contributed by atoms with Crippen LogP contribution >= 0.6 is 27.3 Å². The van der Waals surface area contributed by atoms with Gasteiger partial charge in [0.15, 0.2) is 0 Å². The van der Waals surface area contributed by atoms with Crippen LogP contribution in [0.4, 0.5) is 0 Å². The molecule has 0 aromatic carbocycles. The molecule has 1 unspecified atom stereocenters. The second-order valence-electron chi connectivity index (χ2n) is 6.24. The summed E-state index contributed by atoms with van der Waals surface area (Å²) in [7, 11) is 0. The van der Waals surface area contributed by atoms with Gasteiger partial charge in [0.25, 0.3) is 0 Å². The predicted octanol–water partition coefficient (Wildman–Crippen LogP) is 4.96. The monoisotopic (exact) mass is 331 g/mol. The lowest BCUT2D eigenvalue weighted by Crippen LogP contribution is -2.39. The Hall–Kier alpha value is 0.140. The molecule has 1 N–H and O–H groups in total. The minimum atomic E-state index is 0.333. The minimum absolute atomic E-state index is 0.333. The summed E-state index contributed by atoms with van der Waals surface area (Å²) in [5.41, 5.74) is 0.333. The maximum absolute atomic E-state index is 3.63. The third kappa shape index (κ3) is 5.02. The highest BCUT2D eigenvalue weighted by Crippen LogP contribution is 2.33. The van der Waals surface area contributed by atoms with Gasteiger partial charge in [0.2, 0.25) is 0 Å². The van der Waals surface area contributed by atoms with Crippen LogP contribution in [0.15, 0.2) is 15.9 Å². The Kier molecular flexibility index (Phi) is 6.36. The van der Waals surface area contributed by atoms with Crippen LogP contribution < -0.4 is 5.32 Å². The third-order valence-electron chi connectivity index (χ3n) is 3.68. The fraction of sp³-hybridized carbons (Fsp3) is 0.733. The average Bonchev–Trinajstić information content (AvgIpc) is 2.62. The first kappa shape index (κ1) is 16.2. The molecule has 18 heavy (non-hydrogen) atoms. The van der Waals surface area contributed by atoms with E-state index in [-0.39, 0.29) is 0 Å². The molecular formula is C15H26BrNS. The Bertz CT molecular complexity index is 359. The smallest absolute Gasteiger partial charge is 0.0285 e. The molecule has 0 aliphatic heterocycles. The number of nitrogens with one attached hydrogen (secondary N) is 1. The molecule has 0 radical (unpaired) electrons. The SMILES string of the molecule is CC(C)CNCC(C)(Cc1cc(Br)cs1)C(C)C. The van der Waals surface area contributed by atoms with Crippen molar-refractivity contribution in [1.82, 2.24) is 5.32 Å². The van der Waals surface area contributed by atoms with Crippen molar-refractivity contribution in [2.75, 3.05) is 13.1 Å². The van der Waals surface area contributed by atoms with Crippen LogP contribution in [0.3, 0.4) is 0 Å². The molecule has 1 aromatic heterocycles. The zero-order valence-corrected chi connectivity index (χ0v) is 14.6. The fourth-order valence-corrected chi connectivity index (χ4v) is 3.61. The molecule has 1 heterocycles. The van der Waals surface area contributed by atoms with E-state index in [2.05, 4.69) is 67.3 Å². The Morgan fingerprint density at radius 1 is 1.33 bits per heavy atom. The van der Waals surface area contributed by atoms with Gasteiger partial charge in [-0.3, -0.25) is 0 Å². The zero-order chi connectivity index (χ0) is 13.8. The molecule has 1 aromatic rings. The van der Waals surface area contributed by atoms with E-state index in [0.29, 0.717) is 11.3 Å². The molecule has 0 fully saturated rings. The van der Waals surface area contributed by atoms with E-state index in [9.17, 15) is 0 Å². The van der Waals surface area contributed by atoms with Gasteiger partial charge in [0.05, 0.1) is 0 Å². The van der Waals surface area contributed by atoms with Crippen molar-refractivity contribution in [1.29, 1.82) is 0 Å². The third-order valence-corrected chi connectivity index (χ3v) is 5.37. The maximum atomic E-state index is 3.63. The molecule has 1 rings (SSSR count). The van der Waals surface area contributed by atoms with Crippen LogP contribution in [0.5, 0.6) is 0 Å². The normalized spacial score (nSPS) is 15.3. The van der Waals surface area contributed by atoms with Crippen molar-refractivity contribution in [3.63, 3.8) is 0 Å². The second-order valence-corrected chi connectivity index (χ2v) is 8.15. The van der Waals surface area contributed by atoms with Crippen molar-refractivity contribution in [3.8, 4) is 0 Å². The van der Waals surface area contributed by atoms with Gasteiger partial charge in [-0.15, -0.1) is 11.3 Å². The van der Waals surface area contributed by atoms with Crippen LogP contribution in [0.2, 0.25) is 0 Å². The molecule has 0 bridgehead atoms. The van der Waals surface area contributed by atoms with Gasteiger partial charge in [0, 0.05) is 21.3 Å². The number of rotatable bonds is 7. The molecule has 0 saturated heterocycles. The summed E-state index contributed by atoms with van der Waals surface area (Å²) in [4.78, 5) is 1.48. The molecule has 1 nitrogen and oxygen atoms in total. The number of hydrogen-bond acceptors (Lipinski definition) is 2. The van der Waals surface area contributed by atoms with Crippen LogP contribution in [0, 0.1) is 17.3 Å². The first-order chi connectivity index (χ1) is 8.33. The molecule has 3 heteroatoms. The lowest BCUT2D eigenvalue weighted by Gasteiger charge is -2.34. The Morgan fingerprint density at radius 3 is 2.44 bits per heavy atom. The molecule has 104 valence electrons. The van der Waals surface area contributed by atoms with Gasteiger partial charge >= 0.3 is 0 Å². The van der Waals surface area contributed by atoms with Crippen LogP contribution in [0.25, 0.3) is 0 Å². The fourth-order valence-electron chi connectivity index (χ4n) is 1.96. The van der Waals surface area contributed by atoms with Gasteiger partial charge in [-0.25, -0.2) is 0 Å². The average molecular weight is 332 g/mol. The van der Waals surface area contributed by atoms with Crippen molar-refractivity contribution in [3.05, 3.63) is 20.8 Å². The summed E-state index contributed by atoms with van der Waals surface area (Å²) < 4.78 is 1.21. The Labute approximate surface area is 125 Å². The summed E-state index contributed by atoms with van der Waals surface area (Å²) in [6.07, 6.45) is 1.16. The number of hydrogen-bond donors (Lipinski definition) is 1. The van der Waals surface area contributed by atoms with Gasteiger partial charge < -0.3 is 5.32 Å². The highest BCUT2D eigenvalue weighted by molar-refractivity contribution is 9.10. The quantitative estimate of drug-likeness (QED) is 0.744. The largest absolute Gasteiger partial charge is 0.316 e. The van der Waals surface area contributed by atoms with Gasteiger partial charge in [-0.1, -0.05) is 34.6 Å². The lowest BCUT2D eigenvalue weighted by atomic mass is 9.76. The molecule has 1 atom stereocenters. The van der Waals surface area contributed by atoms with E-state index >= 15 is 0 Å². The van der Waals surface area contributed by atoms with E-state index in [4.69, 9.17) is 0 Å². The first-order valence-electron chi connectivity index (χ1n) is 6.77. The standard InChI is InChI=1S/C15H26BrNS/c1-11(2)8-17-10-15(5,12(3)4)7-14-6-13(16)9-18-14/h6,9,11-12,17H,7-8,10H2,1-5H3. The second kappa shape index (κ2) is 7.06. The van der Waals surface area contributed by atoms with Crippen molar-refractivity contribution in [2.24, 2.45) is 17.3 Å². The van der Waals surface area contributed by atoms with E-state index in [1.807, 2.05) is 11.3 Å². The predicted molar refractivity (Wildman–Crippen MR) is 86.4 cm³/mol. The Balaban J connectivity index is 2.62. The molecule has 0 amide bonds. The van der Waals surface area contributed by atoms with E-state index in [0.717, 1.165) is 25.4 Å². The first-order valence-corrected chi connectivity index (χ1v) is 8.44. The molecule has 0 saturated carbocycles. The molecular weight excluding hydrogens is 306 g/mol.